The summed E-state index contributed by atoms with van der Waals surface area (Å²) >= 11 is 0. The standard InChI is InChI=1S/C10H18/c1-4-10-7-8(2)5-6-9(10)3/h6,8,10H,4-5,7H2,1-3H3. The van der Waals surface area contributed by atoms with Crippen molar-refractivity contribution < 1.29 is 0 Å². The Morgan fingerprint density at radius 2 is 2.30 bits per heavy atom. The fourth-order valence-electron chi connectivity index (χ4n) is 1.81. The lowest BCUT2D eigenvalue weighted by Crippen LogP contribution is -2.11. The van der Waals surface area contributed by atoms with Crippen LogP contribution in [0.5, 0.6) is 0 Å². The third-order valence-electron chi connectivity index (χ3n) is 2.67. The first-order valence-corrected chi connectivity index (χ1v) is 4.40. The molecule has 58 valence electrons. The number of hydrogen-bond acceptors (Lipinski definition) is 0. The summed E-state index contributed by atoms with van der Waals surface area (Å²) in [6.45, 7) is 6.92. The molecule has 0 spiro atoms. The highest BCUT2D eigenvalue weighted by atomic mass is 14.2. The minimum atomic E-state index is 0.892. The molecule has 2 atom stereocenters. The molecule has 0 radical (unpaired) electrons. The van der Waals surface area contributed by atoms with Gasteiger partial charge in [0.25, 0.3) is 0 Å². The summed E-state index contributed by atoms with van der Waals surface area (Å²) in [5, 5.41) is 0. The smallest absolute Gasteiger partial charge is 0.0206 e. The van der Waals surface area contributed by atoms with E-state index >= 15 is 0 Å². The minimum Gasteiger partial charge on any atom is -0.0851 e. The first kappa shape index (κ1) is 7.84. The van der Waals surface area contributed by atoms with Crippen molar-refractivity contribution in [2.24, 2.45) is 11.8 Å². The van der Waals surface area contributed by atoms with Gasteiger partial charge in [0.1, 0.15) is 0 Å². The van der Waals surface area contributed by atoms with Gasteiger partial charge >= 0.3 is 0 Å². The average molecular weight is 138 g/mol. The molecule has 0 amide bonds. The van der Waals surface area contributed by atoms with Gasteiger partial charge in [0.05, 0.1) is 0 Å². The average Bonchev–Trinajstić information content (AvgIpc) is 1.94. The molecule has 0 saturated heterocycles. The molecular formula is C10H18. The Bertz CT molecular complexity index is 133. The van der Waals surface area contributed by atoms with E-state index in [1.807, 2.05) is 0 Å². The second-order valence-electron chi connectivity index (χ2n) is 3.63. The van der Waals surface area contributed by atoms with Crippen LogP contribution < -0.4 is 0 Å². The van der Waals surface area contributed by atoms with Crippen LogP contribution in [0.25, 0.3) is 0 Å². The molecule has 0 saturated carbocycles. The first-order valence-electron chi connectivity index (χ1n) is 4.40. The normalized spacial score (nSPS) is 33.7. The molecule has 0 fully saturated rings. The van der Waals surface area contributed by atoms with Crippen molar-refractivity contribution in [3.63, 3.8) is 0 Å². The summed E-state index contributed by atoms with van der Waals surface area (Å²) in [4.78, 5) is 0. The van der Waals surface area contributed by atoms with E-state index in [0.29, 0.717) is 0 Å². The molecule has 0 N–H and O–H groups in total. The van der Waals surface area contributed by atoms with Crippen molar-refractivity contribution in [2.45, 2.75) is 40.0 Å². The molecule has 0 heteroatoms. The van der Waals surface area contributed by atoms with Crippen LogP contribution in [0.2, 0.25) is 0 Å². The molecule has 10 heavy (non-hydrogen) atoms. The van der Waals surface area contributed by atoms with Crippen molar-refractivity contribution in [3.05, 3.63) is 11.6 Å². The van der Waals surface area contributed by atoms with E-state index in [1.54, 1.807) is 5.57 Å². The van der Waals surface area contributed by atoms with Crippen molar-refractivity contribution in [1.82, 2.24) is 0 Å². The lowest BCUT2D eigenvalue weighted by molar-refractivity contribution is 0.400. The summed E-state index contributed by atoms with van der Waals surface area (Å²) in [5.74, 6) is 1.82. The zero-order valence-electron chi connectivity index (χ0n) is 7.35. The van der Waals surface area contributed by atoms with Gasteiger partial charge in [0.2, 0.25) is 0 Å². The monoisotopic (exact) mass is 138 g/mol. The summed E-state index contributed by atoms with van der Waals surface area (Å²) in [7, 11) is 0. The van der Waals surface area contributed by atoms with Crippen molar-refractivity contribution >= 4 is 0 Å². The van der Waals surface area contributed by atoms with Crippen LogP contribution in [-0.2, 0) is 0 Å². The second kappa shape index (κ2) is 3.23. The molecule has 0 heterocycles. The molecule has 0 aliphatic heterocycles. The van der Waals surface area contributed by atoms with Gasteiger partial charge in [-0.05, 0) is 38.0 Å². The topological polar surface area (TPSA) is 0 Å². The van der Waals surface area contributed by atoms with Gasteiger partial charge in [-0.25, -0.2) is 0 Å². The zero-order chi connectivity index (χ0) is 7.56. The van der Waals surface area contributed by atoms with Crippen LogP contribution >= 0.6 is 0 Å². The van der Waals surface area contributed by atoms with E-state index in [1.165, 1.54) is 19.3 Å². The molecule has 0 aromatic rings. The predicted molar refractivity (Wildman–Crippen MR) is 45.9 cm³/mol. The van der Waals surface area contributed by atoms with E-state index in [0.717, 1.165) is 11.8 Å². The van der Waals surface area contributed by atoms with E-state index in [2.05, 4.69) is 26.8 Å². The van der Waals surface area contributed by atoms with Gasteiger partial charge in [0.15, 0.2) is 0 Å². The maximum absolute atomic E-state index is 2.42. The minimum absolute atomic E-state index is 0.892. The van der Waals surface area contributed by atoms with Gasteiger partial charge in [-0.1, -0.05) is 25.5 Å². The Labute approximate surface area is 64.3 Å². The number of allylic oxidation sites excluding steroid dienone is 2. The molecule has 0 nitrogen and oxygen atoms in total. The van der Waals surface area contributed by atoms with E-state index < -0.39 is 0 Å². The predicted octanol–water partition coefficient (Wildman–Crippen LogP) is 3.39. The number of hydrogen-bond donors (Lipinski definition) is 0. The summed E-state index contributed by atoms with van der Waals surface area (Å²) in [6.07, 6.45) is 6.47. The summed E-state index contributed by atoms with van der Waals surface area (Å²) in [6, 6.07) is 0. The highest BCUT2D eigenvalue weighted by Crippen LogP contribution is 2.30. The highest BCUT2D eigenvalue weighted by Gasteiger charge is 2.16. The van der Waals surface area contributed by atoms with Gasteiger partial charge < -0.3 is 0 Å². The molecule has 0 aromatic carbocycles. The van der Waals surface area contributed by atoms with E-state index in [4.69, 9.17) is 0 Å². The maximum atomic E-state index is 2.42. The largest absolute Gasteiger partial charge is 0.0851 e. The van der Waals surface area contributed by atoms with Crippen LogP contribution in [0.3, 0.4) is 0 Å². The Kier molecular flexibility index (Phi) is 2.53. The van der Waals surface area contributed by atoms with Gasteiger partial charge in [-0.2, -0.15) is 0 Å². The molecule has 1 aliphatic carbocycles. The van der Waals surface area contributed by atoms with Crippen molar-refractivity contribution in [3.8, 4) is 0 Å². The Balaban J connectivity index is 2.56. The van der Waals surface area contributed by atoms with E-state index in [-0.39, 0.29) is 0 Å². The molecule has 1 rings (SSSR count). The Hall–Kier alpha value is -0.260. The van der Waals surface area contributed by atoms with Crippen LogP contribution in [0, 0.1) is 11.8 Å². The molecule has 0 aromatic heterocycles. The lowest BCUT2D eigenvalue weighted by atomic mass is 9.81. The Morgan fingerprint density at radius 3 is 2.80 bits per heavy atom. The first-order chi connectivity index (χ1) is 4.74. The van der Waals surface area contributed by atoms with Crippen LogP contribution in [0.1, 0.15) is 40.0 Å². The van der Waals surface area contributed by atoms with Crippen molar-refractivity contribution in [2.75, 3.05) is 0 Å². The Morgan fingerprint density at radius 1 is 1.60 bits per heavy atom. The third-order valence-corrected chi connectivity index (χ3v) is 2.67. The molecule has 2 unspecified atom stereocenters. The van der Waals surface area contributed by atoms with Gasteiger partial charge in [0, 0.05) is 0 Å². The van der Waals surface area contributed by atoms with Crippen LogP contribution in [0.4, 0.5) is 0 Å². The summed E-state index contributed by atoms with van der Waals surface area (Å²) in [5.41, 5.74) is 1.63. The number of rotatable bonds is 1. The fraction of sp³-hybridized carbons (Fsp3) is 0.800. The SMILES string of the molecule is CCC1CC(C)CC=C1C. The zero-order valence-corrected chi connectivity index (χ0v) is 7.35. The molecule has 0 bridgehead atoms. The highest BCUT2D eigenvalue weighted by molar-refractivity contribution is 5.07. The molecular weight excluding hydrogens is 120 g/mol. The molecule has 1 aliphatic rings. The van der Waals surface area contributed by atoms with Gasteiger partial charge in [-0.3, -0.25) is 0 Å². The van der Waals surface area contributed by atoms with Gasteiger partial charge in [-0.15, -0.1) is 0 Å². The second-order valence-corrected chi connectivity index (χ2v) is 3.63. The van der Waals surface area contributed by atoms with Crippen molar-refractivity contribution in [1.29, 1.82) is 0 Å². The maximum Gasteiger partial charge on any atom is -0.0206 e. The lowest BCUT2D eigenvalue weighted by Gasteiger charge is -2.24. The van der Waals surface area contributed by atoms with Crippen LogP contribution in [-0.4, -0.2) is 0 Å². The quantitative estimate of drug-likeness (QED) is 0.487. The third kappa shape index (κ3) is 1.62. The summed E-state index contributed by atoms with van der Waals surface area (Å²) < 4.78 is 0. The fourth-order valence-corrected chi connectivity index (χ4v) is 1.81. The van der Waals surface area contributed by atoms with Crippen LogP contribution in [0.15, 0.2) is 11.6 Å². The van der Waals surface area contributed by atoms with E-state index in [9.17, 15) is 0 Å².